The van der Waals surface area contributed by atoms with E-state index in [0.29, 0.717) is 32.7 Å². The lowest BCUT2D eigenvalue weighted by atomic mass is 10.0. The number of benzene rings is 1. The van der Waals surface area contributed by atoms with Crippen LogP contribution < -0.4 is 0 Å². The number of allylic oxidation sites excluding steroid dienone is 1. The van der Waals surface area contributed by atoms with Crippen molar-refractivity contribution in [2.45, 2.75) is 26.4 Å². The molecule has 3 nitrogen and oxygen atoms in total. The lowest BCUT2D eigenvalue weighted by Gasteiger charge is -2.13. The van der Waals surface area contributed by atoms with Gasteiger partial charge in [-0.3, -0.25) is 4.79 Å². The van der Waals surface area contributed by atoms with Gasteiger partial charge in [0.2, 0.25) is 0 Å². The minimum atomic E-state index is -0.161. The van der Waals surface area contributed by atoms with Gasteiger partial charge in [0.1, 0.15) is 0 Å². The summed E-state index contributed by atoms with van der Waals surface area (Å²) in [6.07, 6.45) is 3.05. The Bertz CT molecular complexity index is 373. The fraction of sp³-hybridized carbons (Fsp3) is 0.438. The van der Waals surface area contributed by atoms with Crippen molar-refractivity contribution in [3.63, 3.8) is 0 Å². The second kappa shape index (κ2) is 9.34. The van der Waals surface area contributed by atoms with Crippen LogP contribution in [0.1, 0.15) is 25.3 Å². The Balaban J connectivity index is 2.28. The Morgan fingerprint density at radius 3 is 2.74 bits per heavy atom. The molecule has 0 aliphatic rings. The summed E-state index contributed by atoms with van der Waals surface area (Å²) >= 11 is 0. The number of ether oxygens (including phenoxy) is 2. The van der Waals surface area contributed by atoms with Gasteiger partial charge in [-0.1, -0.05) is 36.4 Å². The van der Waals surface area contributed by atoms with Gasteiger partial charge in [0.25, 0.3) is 0 Å². The van der Waals surface area contributed by atoms with E-state index in [4.69, 9.17) is 9.47 Å². The van der Waals surface area contributed by atoms with Crippen molar-refractivity contribution >= 4 is 5.97 Å². The van der Waals surface area contributed by atoms with Gasteiger partial charge in [-0.15, -0.1) is 6.58 Å². The molecule has 1 aromatic rings. The SMILES string of the molecule is C=CCC(CCOCc1ccccc1)C(=O)OCC. The summed E-state index contributed by atoms with van der Waals surface area (Å²) in [6, 6.07) is 9.99. The Labute approximate surface area is 115 Å². The number of hydrogen-bond acceptors (Lipinski definition) is 3. The quantitative estimate of drug-likeness (QED) is 0.389. The zero-order chi connectivity index (χ0) is 13.9. The molecule has 0 amide bonds. The molecule has 0 N–H and O–H groups in total. The van der Waals surface area contributed by atoms with Crippen LogP contribution in [0.5, 0.6) is 0 Å². The summed E-state index contributed by atoms with van der Waals surface area (Å²) in [7, 11) is 0. The molecule has 0 saturated heterocycles. The van der Waals surface area contributed by atoms with Crippen LogP contribution in [-0.4, -0.2) is 19.2 Å². The van der Waals surface area contributed by atoms with Crippen LogP contribution in [0.25, 0.3) is 0 Å². The highest BCUT2D eigenvalue weighted by Gasteiger charge is 2.17. The molecule has 0 fully saturated rings. The summed E-state index contributed by atoms with van der Waals surface area (Å²) in [6.45, 7) is 7.02. The van der Waals surface area contributed by atoms with Crippen LogP contribution in [0.2, 0.25) is 0 Å². The first-order valence-corrected chi connectivity index (χ1v) is 6.67. The van der Waals surface area contributed by atoms with Crippen LogP contribution in [0, 0.1) is 5.92 Å². The van der Waals surface area contributed by atoms with E-state index < -0.39 is 0 Å². The number of carbonyl (C=O) groups excluding carboxylic acids is 1. The highest BCUT2D eigenvalue weighted by molar-refractivity contribution is 5.72. The molecular formula is C16H22O3. The standard InChI is InChI=1S/C16H22O3/c1-3-8-15(16(17)19-4-2)11-12-18-13-14-9-6-5-7-10-14/h3,5-7,9-10,15H,1,4,8,11-13H2,2H3. The van der Waals surface area contributed by atoms with Crippen molar-refractivity contribution in [2.24, 2.45) is 5.92 Å². The van der Waals surface area contributed by atoms with Gasteiger partial charge >= 0.3 is 5.97 Å². The molecule has 0 saturated carbocycles. The summed E-state index contributed by atoms with van der Waals surface area (Å²) in [5.74, 6) is -0.307. The first-order valence-electron chi connectivity index (χ1n) is 6.67. The van der Waals surface area contributed by atoms with Crippen LogP contribution >= 0.6 is 0 Å². The van der Waals surface area contributed by atoms with Crippen molar-refractivity contribution in [1.29, 1.82) is 0 Å². The molecule has 1 unspecified atom stereocenters. The molecule has 104 valence electrons. The molecule has 0 spiro atoms. The third-order valence-electron chi connectivity index (χ3n) is 2.79. The number of rotatable bonds is 9. The van der Waals surface area contributed by atoms with E-state index in [0.717, 1.165) is 5.56 Å². The van der Waals surface area contributed by atoms with Crippen molar-refractivity contribution in [1.82, 2.24) is 0 Å². The lowest BCUT2D eigenvalue weighted by Crippen LogP contribution is -2.19. The van der Waals surface area contributed by atoms with Crippen molar-refractivity contribution in [2.75, 3.05) is 13.2 Å². The smallest absolute Gasteiger partial charge is 0.309 e. The molecular weight excluding hydrogens is 240 g/mol. The molecule has 3 heteroatoms. The Morgan fingerprint density at radius 1 is 1.37 bits per heavy atom. The number of carbonyl (C=O) groups is 1. The Hall–Kier alpha value is -1.61. The first-order chi connectivity index (χ1) is 9.27. The maximum absolute atomic E-state index is 11.7. The monoisotopic (exact) mass is 262 g/mol. The molecule has 0 heterocycles. The molecule has 0 aromatic heterocycles. The molecule has 19 heavy (non-hydrogen) atoms. The average molecular weight is 262 g/mol. The van der Waals surface area contributed by atoms with Gasteiger partial charge in [0.15, 0.2) is 0 Å². The topological polar surface area (TPSA) is 35.5 Å². The highest BCUT2D eigenvalue weighted by Crippen LogP contribution is 2.12. The van der Waals surface area contributed by atoms with E-state index in [1.807, 2.05) is 37.3 Å². The average Bonchev–Trinajstić information content (AvgIpc) is 2.43. The van der Waals surface area contributed by atoms with E-state index >= 15 is 0 Å². The first kappa shape index (κ1) is 15.4. The molecule has 0 aliphatic heterocycles. The maximum Gasteiger partial charge on any atom is 0.309 e. The molecule has 1 rings (SSSR count). The second-order valence-electron chi connectivity index (χ2n) is 4.30. The van der Waals surface area contributed by atoms with Crippen LogP contribution in [0.4, 0.5) is 0 Å². The van der Waals surface area contributed by atoms with E-state index in [2.05, 4.69) is 6.58 Å². The van der Waals surface area contributed by atoms with Gasteiger partial charge < -0.3 is 9.47 Å². The minimum Gasteiger partial charge on any atom is -0.466 e. The van der Waals surface area contributed by atoms with E-state index in [-0.39, 0.29) is 11.9 Å². The summed E-state index contributed by atoms with van der Waals surface area (Å²) in [4.78, 5) is 11.7. The van der Waals surface area contributed by atoms with E-state index in [9.17, 15) is 4.79 Å². The van der Waals surface area contributed by atoms with Crippen LogP contribution in [0.15, 0.2) is 43.0 Å². The van der Waals surface area contributed by atoms with Gasteiger partial charge in [0.05, 0.1) is 19.1 Å². The summed E-state index contributed by atoms with van der Waals surface area (Å²) in [5, 5.41) is 0. The third-order valence-corrected chi connectivity index (χ3v) is 2.79. The predicted molar refractivity (Wildman–Crippen MR) is 75.7 cm³/mol. The number of esters is 1. The van der Waals surface area contributed by atoms with Crippen molar-refractivity contribution in [3.05, 3.63) is 48.6 Å². The molecule has 0 bridgehead atoms. The van der Waals surface area contributed by atoms with Crippen molar-refractivity contribution < 1.29 is 14.3 Å². The fourth-order valence-corrected chi connectivity index (χ4v) is 1.78. The van der Waals surface area contributed by atoms with E-state index in [1.54, 1.807) is 6.08 Å². The Morgan fingerprint density at radius 2 is 2.11 bits per heavy atom. The summed E-state index contributed by atoms with van der Waals surface area (Å²) < 4.78 is 10.6. The Kier molecular flexibility index (Phi) is 7.59. The maximum atomic E-state index is 11.7. The second-order valence-corrected chi connectivity index (χ2v) is 4.30. The molecule has 1 atom stereocenters. The lowest BCUT2D eigenvalue weighted by molar-refractivity contribution is -0.148. The fourth-order valence-electron chi connectivity index (χ4n) is 1.78. The van der Waals surface area contributed by atoms with Crippen molar-refractivity contribution in [3.8, 4) is 0 Å². The van der Waals surface area contributed by atoms with Gasteiger partial charge in [-0.2, -0.15) is 0 Å². The van der Waals surface area contributed by atoms with Crippen LogP contribution in [0.3, 0.4) is 0 Å². The normalized spacial score (nSPS) is 11.8. The molecule has 1 aromatic carbocycles. The highest BCUT2D eigenvalue weighted by atomic mass is 16.5. The molecule has 0 radical (unpaired) electrons. The molecule has 0 aliphatic carbocycles. The van der Waals surface area contributed by atoms with E-state index in [1.165, 1.54) is 0 Å². The van der Waals surface area contributed by atoms with Gasteiger partial charge in [-0.25, -0.2) is 0 Å². The number of hydrogen-bond donors (Lipinski definition) is 0. The third kappa shape index (κ3) is 6.20. The zero-order valence-corrected chi connectivity index (χ0v) is 11.5. The van der Waals surface area contributed by atoms with Gasteiger partial charge in [0, 0.05) is 6.61 Å². The predicted octanol–water partition coefficient (Wildman–Crippen LogP) is 3.35. The summed E-state index contributed by atoms with van der Waals surface area (Å²) in [5.41, 5.74) is 1.14. The largest absolute Gasteiger partial charge is 0.466 e. The van der Waals surface area contributed by atoms with Gasteiger partial charge in [-0.05, 0) is 25.3 Å². The minimum absolute atomic E-state index is 0.145. The van der Waals surface area contributed by atoms with Crippen LogP contribution in [-0.2, 0) is 20.9 Å². The zero-order valence-electron chi connectivity index (χ0n) is 11.5.